The van der Waals surface area contributed by atoms with Crippen molar-refractivity contribution >= 4 is 6.09 Å². The van der Waals surface area contributed by atoms with E-state index in [0.29, 0.717) is 12.1 Å². The molecule has 1 saturated heterocycles. The SMILES string of the molecule is CNC1CCC(N2CCC(NC(=O)OC)C2)CC1. The van der Waals surface area contributed by atoms with E-state index in [1.165, 1.54) is 32.8 Å². The van der Waals surface area contributed by atoms with Crippen LogP contribution in [0.25, 0.3) is 0 Å². The molecule has 5 nitrogen and oxygen atoms in total. The van der Waals surface area contributed by atoms with Crippen molar-refractivity contribution < 1.29 is 9.53 Å². The molecular weight excluding hydrogens is 230 g/mol. The monoisotopic (exact) mass is 255 g/mol. The maximum Gasteiger partial charge on any atom is 0.407 e. The summed E-state index contributed by atoms with van der Waals surface area (Å²) in [5, 5.41) is 6.27. The second-order valence-electron chi connectivity index (χ2n) is 5.41. The Balaban J connectivity index is 1.74. The van der Waals surface area contributed by atoms with Gasteiger partial charge in [0.25, 0.3) is 0 Å². The zero-order valence-corrected chi connectivity index (χ0v) is 11.4. The summed E-state index contributed by atoms with van der Waals surface area (Å²) < 4.78 is 4.64. The predicted octanol–water partition coefficient (Wildman–Crippen LogP) is 0.947. The van der Waals surface area contributed by atoms with Crippen molar-refractivity contribution in [1.29, 1.82) is 0 Å². The van der Waals surface area contributed by atoms with Crippen molar-refractivity contribution in [3.8, 4) is 0 Å². The number of rotatable bonds is 3. The zero-order valence-electron chi connectivity index (χ0n) is 11.4. The fraction of sp³-hybridized carbons (Fsp3) is 0.923. The van der Waals surface area contributed by atoms with Gasteiger partial charge in [0.05, 0.1) is 7.11 Å². The second-order valence-corrected chi connectivity index (χ2v) is 5.41. The van der Waals surface area contributed by atoms with E-state index in [1.54, 1.807) is 0 Å². The van der Waals surface area contributed by atoms with Crippen molar-refractivity contribution in [2.45, 2.75) is 50.2 Å². The molecule has 0 aromatic carbocycles. The van der Waals surface area contributed by atoms with E-state index in [4.69, 9.17) is 0 Å². The van der Waals surface area contributed by atoms with E-state index in [-0.39, 0.29) is 12.1 Å². The normalized spacial score (nSPS) is 33.3. The fourth-order valence-electron chi connectivity index (χ4n) is 3.19. The number of hydrogen-bond acceptors (Lipinski definition) is 4. The van der Waals surface area contributed by atoms with Crippen LogP contribution in [0.15, 0.2) is 0 Å². The number of nitrogens with zero attached hydrogens (tertiary/aromatic N) is 1. The number of amides is 1. The summed E-state index contributed by atoms with van der Waals surface area (Å²) >= 11 is 0. The van der Waals surface area contributed by atoms with Crippen LogP contribution in [-0.2, 0) is 4.74 Å². The van der Waals surface area contributed by atoms with Crippen molar-refractivity contribution in [3.05, 3.63) is 0 Å². The van der Waals surface area contributed by atoms with Gasteiger partial charge in [-0.15, -0.1) is 0 Å². The van der Waals surface area contributed by atoms with E-state index < -0.39 is 0 Å². The molecule has 0 aromatic rings. The third kappa shape index (κ3) is 3.36. The first-order valence-electron chi connectivity index (χ1n) is 6.98. The minimum Gasteiger partial charge on any atom is -0.453 e. The molecule has 1 saturated carbocycles. The Morgan fingerprint density at radius 2 is 1.89 bits per heavy atom. The van der Waals surface area contributed by atoms with Crippen LogP contribution in [0.2, 0.25) is 0 Å². The maximum atomic E-state index is 11.2. The Bertz CT molecular complexity index is 277. The van der Waals surface area contributed by atoms with Crippen molar-refractivity contribution in [1.82, 2.24) is 15.5 Å². The summed E-state index contributed by atoms with van der Waals surface area (Å²) in [4.78, 5) is 13.7. The number of carbonyl (C=O) groups is 1. The first kappa shape index (κ1) is 13.6. The van der Waals surface area contributed by atoms with Crippen molar-refractivity contribution in [2.24, 2.45) is 0 Å². The lowest BCUT2D eigenvalue weighted by molar-refractivity contribution is 0.159. The molecule has 18 heavy (non-hydrogen) atoms. The molecule has 0 radical (unpaired) electrons. The van der Waals surface area contributed by atoms with Crippen LogP contribution in [0.3, 0.4) is 0 Å². The van der Waals surface area contributed by atoms with E-state index >= 15 is 0 Å². The van der Waals surface area contributed by atoms with Crippen LogP contribution in [0, 0.1) is 0 Å². The largest absolute Gasteiger partial charge is 0.453 e. The molecule has 1 amide bonds. The van der Waals surface area contributed by atoms with E-state index in [0.717, 1.165) is 19.5 Å². The quantitative estimate of drug-likeness (QED) is 0.788. The number of alkyl carbamates (subject to hydrolysis) is 1. The Labute approximate surface area is 109 Å². The number of likely N-dealkylation sites (tertiary alicyclic amines) is 1. The summed E-state index contributed by atoms with van der Waals surface area (Å²) in [6.45, 7) is 2.08. The van der Waals surface area contributed by atoms with Gasteiger partial charge in [-0.2, -0.15) is 0 Å². The Kier molecular flexibility index (Phi) is 4.83. The van der Waals surface area contributed by atoms with Gasteiger partial charge in [0.15, 0.2) is 0 Å². The van der Waals surface area contributed by atoms with Crippen molar-refractivity contribution in [3.63, 3.8) is 0 Å². The number of carbonyl (C=O) groups excluding carboxylic acids is 1. The first-order chi connectivity index (χ1) is 8.72. The molecule has 1 atom stereocenters. The molecule has 1 aliphatic carbocycles. The molecule has 1 unspecified atom stereocenters. The van der Waals surface area contributed by atoms with Gasteiger partial charge in [-0.05, 0) is 39.2 Å². The Morgan fingerprint density at radius 1 is 1.17 bits per heavy atom. The highest BCUT2D eigenvalue weighted by Crippen LogP contribution is 2.26. The third-order valence-electron chi connectivity index (χ3n) is 4.35. The molecule has 1 heterocycles. The van der Waals surface area contributed by atoms with E-state index in [1.807, 2.05) is 0 Å². The number of hydrogen-bond donors (Lipinski definition) is 2. The summed E-state index contributed by atoms with van der Waals surface area (Å²) in [6.07, 6.45) is 5.83. The fourth-order valence-corrected chi connectivity index (χ4v) is 3.19. The third-order valence-corrected chi connectivity index (χ3v) is 4.35. The van der Waals surface area contributed by atoms with Gasteiger partial charge in [-0.1, -0.05) is 0 Å². The van der Waals surface area contributed by atoms with Gasteiger partial charge in [0.1, 0.15) is 0 Å². The second kappa shape index (κ2) is 6.38. The smallest absolute Gasteiger partial charge is 0.407 e. The lowest BCUT2D eigenvalue weighted by Crippen LogP contribution is -2.43. The van der Waals surface area contributed by atoms with Gasteiger partial charge in [-0.25, -0.2) is 4.79 Å². The molecule has 0 spiro atoms. The molecule has 2 aliphatic rings. The van der Waals surface area contributed by atoms with Gasteiger partial charge in [-0.3, -0.25) is 4.90 Å². The van der Waals surface area contributed by atoms with Crippen LogP contribution in [-0.4, -0.2) is 56.4 Å². The summed E-state index contributed by atoms with van der Waals surface area (Å²) in [5.74, 6) is 0. The predicted molar refractivity (Wildman–Crippen MR) is 70.6 cm³/mol. The van der Waals surface area contributed by atoms with Gasteiger partial charge in [0.2, 0.25) is 0 Å². The van der Waals surface area contributed by atoms with Crippen LogP contribution in [0.5, 0.6) is 0 Å². The highest BCUT2D eigenvalue weighted by atomic mass is 16.5. The molecular formula is C13H25N3O2. The molecule has 2 N–H and O–H groups in total. The molecule has 0 bridgehead atoms. The average molecular weight is 255 g/mol. The highest BCUT2D eigenvalue weighted by molar-refractivity contribution is 5.67. The number of ether oxygens (including phenoxy) is 1. The lowest BCUT2D eigenvalue weighted by Gasteiger charge is -2.34. The van der Waals surface area contributed by atoms with Crippen LogP contribution >= 0.6 is 0 Å². The van der Waals surface area contributed by atoms with E-state index in [9.17, 15) is 4.79 Å². The van der Waals surface area contributed by atoms with Crippen LogP contribution < -0.4 is 10.6 Å². The van der Waals surface area contributed by atoms with Crippen LogP contribution in [0.1, 0.15) is 32.1 Å². The van der Waals surface area contributed by atoms with Crippen LogP contribution in [0.4, 0.5) is 4.79 Å². The molecule has 2 fully saturated rings. The zero-order chi connectivity index (χ0) is 13.0. The van der Waals surface area contributed by atoms with Crippen molar-refractivity contribution in [2.75, 3.05) is 27.2 Å². The number of methoxy groups -OCH3 is 1. The molecule has 5 heteroatoms. The van der Waals surface area contributed by atoms with Gasteiger partial charge >= 0.3 is 6.09 Å². The summed E-state index contributed by atoms with van der Waals surface area (Å²) in [6, 6.07) is 1.67. The topological polar surface area (TPSA) is 53.6 Å². The summed E-state index contributed by atoms with van der Waals surface area (Å²) in [5.41, 5.74) is 0. The lowest BCUT2D eigenvalue weighted by atomic mass is 9.90. The molecule has 1 aliphatic heterocycles. The Morgan fingerprint density at radius 3 is 2.50 bits per heavy atom. The minimum absolute atomic E-state index is 0.263. The maximum absolute atomic E-state index is 11.2. The van der Waals surface area contributed by atoms with Gasteiger partial charge < -0.3 is 15.4 Å². The van der Waals surface area contributed by atoms with Gasteiger partial charge in [0, 0.05) is 31.2 Å². The standard InChI is InChI=1S/C13H25N3O2/c1-14-10-3-5-12(6-4-10)16-8-7-11(9-16)15-13(17)18-2/h10-12,14H,3-9H2,1-2H3,(H,15,17). The Hall–Kier alpha value is -0.810. The first-order valence-corrected chi connectivity index (χ1v) is 6.98. The molecule has 0 aromatic heterocycles. The highest BCUT2D eigenvalue weighted by Gasteiger charge is 2.31. The average Bonchev–Trinajstić information content (AvgIpc) is 2.87. The van der Waals surface area contributed by atoms with E-state index in [2.05, 4.69) is 27.3 Å². The molecule has 104 valence electrons. The summed E-state index contributed by atoms with van der Waals surface area (Å²) in [7, 11) is 3.47. The molecule has 2 rings (SSSR count). The minimum atomic E-state index is -0.305. The number of nitrogens with one attached hydrogen (secondary N) is 2.